The molecule has 2 rings (SSSR count). The van der Waals surface area contributed by atoms with E-state index < -0.39 is 6.10 Å². The lowest BCUT2D eigenvalue weighted by atomic mass is 9.91. The second-order valence-corrected chi connectivity index (χ2v) is 4.99. The van der Waals surface area contributed by atoms with Gasteiger partial charge in [0.05, 0.1) is 12.1 Å². The lowest BCUT2D eigenvalue weighted by Crippen LogP contribution is -2.46. The van der Waals surface area contributed by atoms with Gasteiger partial charge in [0.15, 0.2) is 0 Å². The van der Waals surface area contributed by atoms with Crippen molar-refractivity contribution in [2.24, 2.45) is 0 Å². The maximum absolute atomic E-state index is 12.4. The molecule has 5 heteroatoms. The maximum atomic E-state index is 12.4. The quantitative estimate of drug-likeness (QED) is 0.867. The number of aromatic nitrogens is 1. The minimum Gasteiger partial charge on any atom is -0.391 e. The average Bonchev–Trinajstić information content (AvgIpc) is 2.46. The first-order valence-electron chi connectivity index (χ1n) is 6.73. The van der Waals surface area contributed by atoms with Gasteiger partial charge in [-0.15, -0.1) is 0 Å². The molecule has 19 heavy (non-hydrogen) atoms. The summed E-state index contributed by atoms with van der Waals surface area (Å²) in [6.07, 6.45) is 3.30. The molecule has 1 aromatic rings. The summed E-state index contributed by atoms with van der Waals surface area (Å²) in [6, 6.07) is 5.22. The third kappa shape index (κ3) is 3.04. The number of nitrogens with zero attached hydrogens (tertiary/aromatic N) is 2. The number of carbonyl (C=O) groups is 1. The van der Waals surface area contributed by atoms with E-state index >= 15 is 0 Å². The Morgan fingerprint density at radius 1 is 1.42 bits per heavy atom. The van der Waals surface area contributed by atoms with Crippen LogP contribution in [0.25, 0.3) is 0 Å². The second-order valence-electron chi connectivity index (χ2n) is 4.99. The van der Waals surface area contributed by atoms with Crippen LogP contribution in [0.15, 0.2) is 18.2 Å². The van der Waals surface area contributed by atoms with Crippen molar-refractivity contribution in [3.63, 3.8) is 0 Å². The number of aliphatic hydroxyl groups is 1. The van der Waals surface area contributed by atoms with Crippen LogP contribution in [-0.4, -0.2) is 47.1 Å². The molecule has 0 bridgehead atoms. The van der Waals surface area contributed by atoms with Gasteiger partial charge in [0.25, 0.3) is 5.91 Å². The van der Waals surface area contributed by atoms with Gasteiger partial charge < -0.3 is 15.3 Å². The smallest absolute Gasteiger partial charge is 0.272 e. The number of rotatable bonds is 3. The van der Waals surface area contributed by atoms with Gasteiger partial charge in [-0.3, -0.25) is 4.79 Å². The van der Waals surface area contributed by atoms with Crippen LogP contribution in [0.5, 0.6) is 0 Å². The molecule has 5 nitrogen and oxygen atoms in total. The predicted octanol–water partition coefficient (Wildman–Crippen LogP) is 1.50. The van der Waals surface area contributed by atoms with E-state index in [1.807, 2.05) is 6.07 Å². The highest BCUT2D eigenvalue weighted by molar-refractivity contribution is 5.92. The van der Waals surface area contributed by atoms with E-state index in [2.05, 4.69) is 10.3 Å². The molecule has 1 amide bonds. The van der Waals surface area contributed by atoms with Crippen molar-refractivity contribution in [1.82, 2.24) is 9.88 Å². The Hall–Kier alpha value is -1.62. The average molecular weight is 263 g/mol. The van der Waals surface area contributed by atoms with Crippen LogP contribution < -0.4 is 5.32 Å². The molecule has 2 N–H and O–H groups in total. The van der Waals surface area contributed by atoms with Crippen molar-refractivity contribution < 1.29 is 9.90 Å². The molecule has 104 valence electrons. The summed E-state index contributed by atoms with van der Waals surface area (Å²) in [5.41, 5.74) is 0.409. The summed E-state index contributed by atoms with van der Waals surface area (Å²) >= 11 is 0. The summed E-state index contributed by atoms with van der Waals surface area (Å²) < 4.78 is 0. The van der Waals surface area contributed by atoms with Crippen LogP contribution in [-0.2, 0) is 0 Å². The molecule has 0 spiro atoms. The maximum Gasteiger partial charge on any atom is 0.272 e. The van der Waals surface area contributed by atoms with Gasteiger partial charge in [-0.1, -0.05) is 18.9 Å². The fourth-order valence-electron chi connectivity index (χ4n) is 2.57. The fraction of sp³-hybridized carbons (Fsp3) is 0.571. The number of carbonyl (C=O) groups excluding carboxylic acids is 1. The number of anilines is 1. The van der Waals surface area contributed by atoms with E-state index in [4.69, 9.17) is 0 Å². The largest absolute Gasteiger partial charge is 0.391 e. The van der Waals surface area contributed by atoms with E-state index in [-0.39, 0.29) is 11.9 Å². The third-order valence-electron chi connectivity index (χ3n) is 3.74. The van der Waals surface area contributed by atoms with Crippen molar-refractivity contribution in [2.45, 2.75) is 37.8 Å². The van der Waals surface area contributed by atoms with Gasteiger partial charge in [0.1, 0.15) is 11.5 Å². The minimum absolute atomic E-state index is 0.0960. The molecule has 0 aromatic carbocycles. The van der Waals surface area contributed by atoms with Gasteiger partial charge in [0, 0.05) is 14.1 Å². The highest BCUT2D eigenvalue weighted by Gasteiger charge is 2.30. The van der Waals surface area contributed by atoms with E-state index in [1.165, 1.54) is 0 Å². The normalized spacial score (nSPS) is 22.9. The Labute approximate surface area is 113 Å². The summed E-state index contributed by atoms with van der Waals surface area (Å²) in [4.78, 5) is 18.3. The molecule has 0 saturated heterocycles. The molecular weight excluding hydrogens is 242 g/mol. The molecule has 0 radical (unpaired) electrons. The number of aliphatic hydroxyl groups excluding tert-OH is 1. The van der Waals surface area contributed by atoms with E-state index in [9.17, 15) is 9.90 Å². The molecule has 1 aliphatic rings. The van der Waals surface area contributed by atoms with Crippen LogP contribution in [0.2, 0.25) is 0 Å². The Morgan fingerprint density at radius 3 is 2.84 bits per heavy atom. The van der Waals surface area contributed by atoms with E-state index in [0.29, 0.717) is 11.5 Å². The zero-order valence-corrected chi connectivity index (χ0v) is 11.5. The summed E-state index contributed by atoms with van der Waals surface area (Å²) in [7, 11) is 3.51. The number of nitrogens with one attached hydrogen (secondary N) is 1. The summed E-state index contributed by atoms with van der Waals surface area (Å²) in [5, 5.41) is 12.9. The molecule has 2 unspecified atom stereocenters. The van der Waals surface area contributed by atoms with Gasteiger partial charge in [0.2, 0.25) is 0 Å². The molecule has 1 saturated carbocycles. The molecule has 1 aliphatic carbocycles. The Balaban J connectivity index is 2.13. The first kappa shape index (κ1) is 13.8. The number of hydrogen-bond acceptors (Lipinski definition) is 4. The highest BCUT2D eigenvalue weighted by Crippen LogP contribution is 2.23. The zero-order chi connectivity index (χ0) is 13.8. The van der Waals surface area contributed by atoms with E-state index in [1.54, 1.807) is 31.1 Å². The third-order valence-corrected chi connectivity index (χ3v) is 3.74. The molecule has 0 aliphatic heterocycles. The molecule has 1 aromatic heterocycles. The highest BCUT2D eigenvalue weighted by atomic mass is 16.3. The monoisotopic (exact) mass is 263 g/mol. The van der Waals surface area contributed by atoms with Gasteiger partial charge in [-0.05, 0) is 25.0 Å². The lowest BCUT2D eigenvalue weighted by molar-refractivity contribution is 0.0264. The van der Waals surface area contributed by atoms with Crippen molar-refractivity contribution in [1.29, 1.82) is 0 Å². The zero-order valence-electron chi connectivity index (χ0n) is 11.5. The van der Waals surface area contributed by atoms with Crippen LogP contribution in [0, 0.1) is 0 Å². The van der Waals surface area contributed by atoms with Crippen molar-refractivity contribution >= 4 is 11.7 Å². The van der Waals surface area contributed by atoms with Crippen LogP contribution in [0.4, 0.5) is 5.82 Å². The van der Waals surface area contributed by atoms with Crippen molar-refractivity contribution in [3.05, 3.63) is 23.9 Å². The first-order chi connectivity index (χ1) is 9.13. The number of hydrogen-bond donors (Lipinski definition) is 2. The SMILES string of the molecule is CNc1cccc(C(=O)N(C)C2CCCCC2O)n1. The van der Waals surface area contributed by atoms with Crippen LogP contribution in [0.3, 0.4) is 0 Å². The molecule has 2 atom stereocenters. The van der Waals surface area contributed by atoms with E-state index in [0.717, 1.165) is 25.7 Å². The number of likely N-dealkylation sites (N-methyl/N-ethyl adjacent to an activating group) is 1. The number of amides is 1. The van der Waals surface area contributed by atoms with Crippen LogP contribution >= 0.6 is 0 Å². The molecular formula is C14H21N3O2. The Morgan fingerprint density at radius 2 is 2.16 bits per heavy atom. The number of pyridine rings is 1. The predicted molar refractivity (Wildman–Crippen MR) is 74.1 cm³/mol. The second kappa shape index (κ2) is 6.02. The van der Waals surface area contributed by atoms with Gasteiger partial charge >= 0.3 is 0 Å². The summed E-state index contributed by atoms with van der Waals surface area (Å²) in [5.74, 6) is 0.534. The minimum atomic E-state index is -0.421. The first-order valence-corrected chi connectivity index (χ1v) is 6.73. The summed E-state index contributed by atoms with van der Waals surface area (Å²) in [6.45, 7) is 0. The lowest BCUT2D eigenvalue weighted by Gasteiger charge is -2.35. The molecule has 1 fully saturated rings. The standard InChI is InChI=1S/C14H21N3O2/c1-15-13-9-5-6-10(16-13)14(19)17(2)11-7-3-4-8-12(11)18/h5-6,9,11-12,18H,3-4,7-8H2,1-2H3,(H,15,16). The van der Waals surface area contributed by atoms with Crippen LogP contribution in [0.1, 0.15) is 36.2 Å². The van der Waals surface area contributed by atoms with Crippen molar-refractivity contribution in [2.75, 3.05) is 19.4 Å². The van der Waals surface area contributed by atoms with Crippen molar-refractivity contribution in [3.8, 4) is 0 Å². The topological polar surface area (TPSA) is 65.5 Å². The Kier molecular flexibility index (Phi) is 4.37. The molecule has 1 heterocycles. The van der Waals surface area contributed by atoms with Gasteiger partial charge in [-0.2, -0.15) is 0 Å². The fourth-order valence-corrected chi connectivity index (χ4v) is 2.57. The Bertz CT molecular complexity index is 450. The van der Waals surface area contributed by atoms with Gasteiger partial charge in [-0.25, -0.2) is 4.98 Å².